The van der Waals surface area contributed by atoms with E-state index in [1.54, 1.807) is 0 Å². The molecule has 0 heterocycles. The first-order valence-corrected chi connectivity index (χ1v) is 5.85. The Hall–Kier alpha value is -2.14. The van der Waals surface area contributed by atoms with E-state index in [0.29, 0.717) is 0 Å². The van der Waals surface area contributed by atoms with Gasteiger partial charge in [0.25, 0.3) is 0 Å². The highest BCUT2D eigenvalue weighted by Crippen LogP contribution is 2.25. The first-order chi connectivity index (χ1) is 9.00. The summed E-state index contributed by atoms with van der Waals surface area (Å²) in [6.45, 7) is 0. The summed E-state index contributed by atoms with van der Waals surface area (Å²) in [6, 6.07) is 0. The van der Waals surface area contributed by atoms with Gasteiger partial charge in [-0.25, -0.2) is 4.79 Å². The molecule has 5 nitrogen and oxygen atoms in total. The van der Waals surface area contributed by atoms with Crippen LogP contribution in [0.1, 0.15) is 19.3 Å². The molecule has 2 aliphatic rings. The van der Waals surface area contributed by atoms with Gasteiger partial charge in [-0.05, 0) is 24.0 Å². The van der Waals surface area contributed by atoms with Crippen LogP contribution in [0.15, 0.2) is 47.6 Å². The lowest BCUT2D eigenvalue weighted by Gasteiger charge is -1.99. The molecular weight excluding hydrogens is 248 g/mol. The topological polar surface area (TPSA) is 94.8 Å². The maximum atomic E-state index is 9.72. The Kier molecular flexibility index (Phi) is 5.75. The molecule has 0 aromatic carbocycles. The van der Waals surface area contributed by atoms with E-state index in [2.05, 4.69) is 36.5 Å². The van der Waals surface area contributed by atoms with Gasteiger partial charge in [-0.15, -0.1) is 0 Å². The maximum absolute atomic E-state index is 9.72. The van der Waals surface area contributed by atoms with E-state index in [-0.39, 0.29) is 0 Å². The normalized spacial score (nSPS) is 17.3. The number of allylic oxidation sites excluding steroid dienone is 8. The van der Waals surface area contributed by atoms with Crippen LogP contribution in [0.2, 0.25) is 0 Å². The average molecular weight is 264 g/mol. The summed E-state index contributed by atoms with van der Waals surface area (Å²) in [5, 5.41) is 24.1. The molecule has 0 saturated heterocycles. The summed E-state index contributed by atoms with van der Waals surface area (Å²) in [5.41, 5.74) is 2.98. The van der Waals surface area contributed by atoms with Gasteiger partial charge in [0.1, 0.15) is 0 Å². The van der Waals surface area contributed by atoms with Crippen molar-refractivity contribution in [2.75, 3.05) is 0 Å². The minimum absolute atomic E-state index is 0.755. The minimum Gasteiger partial charge on any atom is -0.481 e. The van der Waals surface area contributed by atoms with E-state index < -0.39 is 24.5 Å². The lowest BCUT2D eigenvalue weighted by Crippen LogP contribution is -2.22. The van der Waals surface area contributed by atoms with Crippen LogP contribution in [0.5, 0.6) is 0 Å². The molecule has 1 unspecified atom stereocenters. The third-order valence-corrected chi connectivity index (χ3v) is 2.61. The van der Waals surface area contributed by atoms with Gasteiger partial charge in [0.2, 0.25) is 0 Å². The van der Waals surface area contributed by atoms with Gasteiger partial charge in [0, 0.05) is 0 Å². The van der Waals surface area contributed by atoms with Gasteiger partial charge in [-0.3, -0.25) is 4.79 Å². The van der Waals surface area contributed by atoms with Gasteiger partial charge < -0.3 is 15.3 Å². The third kappa shape index (κ3) is 5.35. The molecule has 0 aliphatic heterocycles. The summed E-state index contributed by atoms with van der Waals surface area (Å²) >= 11 is 0. The zero-order chi connectivity index (χ0) is 14.3. The van der Waals surface area contributed by atoms with Crippen molar-refractivity contribution in [1.29, 1.82) is 0 Å². The van der Waals surface area contributed by atoms with Crippen LogP contribution < -0.4 is 0 Å². The third-order valence-electron chi connectivity index (χ3n) is 2.61. The number of aliphatic hydroxyl groups is 1. The summed E-state index contributed by atoms with van der Waals surface area (Å²) in [4.78, 5) is 19.4. The van der Waals surface area contributed by atoms with Gasteiger partial charge in [-0.2, -0.15) is 0 Å². The van der Waals surface area contributed by atoms with E-state index >= 15 is 0 Å². The van der Waals surface area contributed by atoms with Crippen molar-refractivity contribution in [3.63, 3.8) is 0 Å². The zero-order valence-electron chi connectivity index (χ0n) is 10.3. The first-order valence-electron chi connectivity index (χ1n) is 5.85. The molecule has 0 amide bonds. The first kappa shape index (κ1) is 14.9. The number of carboxylic acid groups (broad SMARTS) is 2. The summed E-state index contributed by atoms with van der Waals surface area (Å²) in [7, 11) is 0. The van der Waals surface area contributed by atoms with Crippen molar-refractivity contribution < 1.29 is 24.9 Å². The van der Waals surface area contributed by atoms with Crippen LogP contribution >= 0.6 is 0 Å². The summed E-state index contributed by atoms with van der Waals surface area (Å²) in [6.07, 6.45) is 12.8. The fourth-order valence-corrected chi connectivity index (χ4v) is 1.62. The van der Waals surface area contributed by atoms with E-state index in [1.807, 2.05) is 0 Å². The highest BCUT2D eigenvalue weighted by molar-refractivity contribution is 5.79. The Morgan fingerprint density at radius 2 is 1.53 bits per heavy atom. The Morgan fingerprint density at radius 1 is 1.05 bits per heavy atom. The molecule has 0 spiro atoms. The summed E-state index contributed by atoms with van der Waals surface area (Å²) < 4.78 is 0. The van der Waals surface area contributed by atoms with Crippen molar-refractivity contribution in [3.8, 4) is 0 Å². The van der Waals surface area contributed by atoms with E-state index in [0.717, 1.165) is 12.8 Å². The van der Waals surface area contributed by atoms with Crippen LogP contribution in [0.4, 0.5) is 0 Å². The van der Waals surface area contributed by atoms with Crippen molar-refractivity contribution in [1.82, 2.24) is 0 Å². The molecule has 5 heteroatoms. The molecule has 1 atom stereocenters. The fourth-order valence-electron chi connectivity index (χ4n) is 1.62. The van der Waals surface area contributed by atoms with E-state index in [4.69, 9.17) is 15.3 Å². The number of aliphatic hydroxyl groups excluding tert-OH is 1. The van der Waals surface area contributed by atoms with Gasteiger partial charge in [0.05, 0.1) is 6.42 Å². The molecule has 19 heavy (non-hydrogen) atoms. The second-order valence-electron chi connectivity index (χ2n) is 4.10. The average Bonchev–Trinajstić information content (AvgIpc) is 3.01. The number of carboxylic acids is 2. The van der Waals surface area contributed by atoms with Gasteiger partial charge in [-0.1, -0.05) is 36.5 Å². The smallest absolute Gasteiger partial charge is 0.333 e. The monoisotopic (exact) mass is 264 g/mol. The number of aliphatic carboxylic acids is 2. The van der Waals surface area contributed by atoms with Crippen LogP contribution in [0.3, 0.4) is 0 Å². The number of carbonyl (C=O) groups is 2. The Labute approximate surface area is 110 Å². The molecule has 2 aliphatic carbocycles. The van der Waals surface area contributed by atoms with Crippen LogP contribution in [0, 0.1) is 0 Å². The molecule has 102 valence electrons. The standard InChI is InChI=1S/C10H10.C4H6O5/c1-2-6-9(5-1)10-7-3-4-8-10;5-2(4(8)9)1-3(6)7/h1-5,7H,6,8H2;2,5H,1H2,(H,6,7)(H,8,9). The molecule has 0 radical (unpaired) electrons. The van der Waals surface area contributed by atoms with Crippen molar-refractivity contribution in [2.24, 2.45) is 0 Å². The van der Waals surface area contributed by atoms with Crippen molar-refractivity contribution >= 4 is 11.9 Å². The number of hydrogen-bond acceptors (Lipinski definition) is 3. The lowest BCUT2D eigenvalue weighted by molar-refractivity contribution is -0.152. The molecule has 0 bridgehead atoms. The second kappa shape index (κ2) is 7.33. The largest absolute Gasteiger partial charge is 0.481 e. The highest BCUT2D eigenvalue weighted by atomic mass is 16.4. The predicted molar refractivity (Wildman–Crippen MR) is 69.6 cm³/mol. The Balaban J connectivity index is 0.000000192. The molecule has 0 saturated carbocycles. The zero-order valence-corrected chi connectivity index (χ0v) is 10.3. The highest BCUT2D eigenvalue weighted by Gasteiger charge is 2.16. The minimum atomic E-state index is -1.79. The number of hydrogen-bond donors (Lipinski definition) is 3. The molecular formula is C14H16O5. The van der Waals surface area contributed by atoms with E-state index in [1.165, 1.54) is 11.1 Å². The van der Waals surface area contributed by atoms with Crippen LogP contribution in [-0.2, 0) is 9.59 Å². The van der Waals surface area contributed by atoms with Crippen LogP contribution in [0.25, 0.3) is 0 Å². The van der Waals surface area contributed by atoms with Crippen molar-refractivity contribution in [2.45, 2.75) is 25.4 Å². The SMILES string of the molecule is C1=CCC(C2=CC=CC2)=C1.O=C(O)CC(O)C(=O)O. The lowest BCUT2D eigenvalue weighted by atomic mass is 10.1. The fraction of sp³-hybridized carbons (Fsp3) is 0.286. The van der Waals surface area contributed by atoms with Crippen molar-refractivity contribution in [3.05, 3.63) is 47.6 Å². The van der Waals surface area contributed by atoms with Gasteiger partial charge in [0.15, 0.2) is 6.10 Å². The Morgan fingerprint density at radius 3 is 1.74 bits per heavy atom. The molecule has 3 N–H and O–H groups in total. The molecule has 2 rings (SSSR count). The quantitative estimate of drug-likeness (QED) is 0.718. The van der Waals surface area contributed by atoms with Crippen LogP contribution in [-0.4, -0.2) is 33.4 Å². The number of rotatable bonds is 4. The van der Waals surface area contributed by atoms with Gasteiger partial charge >= 0.3 is 11.9 Å². The molecule has 0 fully saturated rings. The molecule has 0 aromatic rings. The van der Waals surface area contributed by atoms with E-state index in [9.17, 15) is 9.59 Å². The molecule has 0 aromatic heterocycles. The predicted octanol–water partition coefficient (Wildman–Crippen LogP) is 1.67. The summed E-state index contributed by atoms with van der Waals surface area (Å²) in [5.74, 6) is -2.85. The second-order valence-corrected chi connectivity index (χ2v) is 4.10. The maximum Gasteiger partial charge on any atom is 0.333 e. The Bertz CT molecular complexity index is 440.